The monoisotopic (exact) mass is 409 g/mol. The number of hydrogen-bond acceptors (Lipinski definition) is 3. The second kappa shape index (κ2) is 9.83. The number of aromatic nitrogens is 1. The van der Waals surface area contributed by atoms with E-state index in [1.54, 1.807) is 0 Å². The highest BCUT2D eigenvalue weighted by molar-refractivity contribution is 7.14. The topological polar surface area (TPSA) is 55.5 Å². The van der Waals surface area contributed by atoms with Gasteiger partial charge in [-0.05, 0) is 61.7 Å². The molecule has 0 amide bonds. The number of para-hydroxylation sites is 1. The number of hydrogen-bond donors (Lipinski definition) is 3. The molecule has 29 heavy (non-hydrogen) atoms. The number of aromatic amines is 1. The van der Waals surface area contributed by atoms with E-state index in [2.05, 4.69) is 75.4 Å². The lowest BCUT2D eigenvalue weighted by Gasteiger charge is -2.33. The molecule has 3 aromatic rings. The van der Waals surface area contributed by atoms with Gasteiger partial charge in [-0.1, -0.05) is 18.2 Å². The van der Waals surface area contributed by atoms with Gasteiger partial charge in [0.25, 0.3) is 0 Å². The van der Waals surface area contributed by atoms with Crippen LogP contribution >= 0.6 is 11.3 Å². The zero-order valence-corrected chi connectivity index (χ0v) is 18.0. The van der Waals surface area contributed by atoms with Crippen LogP contribution in [-0.2, 0) is 6.42 Å². The van der Waals surface area contributed by atoms with Gasteiger partial charge in [0.2, 0.25) is 0 Å². The van der Waals surface area contributed by atoms with Crippen molar-refractivity contribution in [2.45, 2.75) is 38.6 Å². The molecular formula is C23H31N5S. The van der Waals surface area contributed by atoms with Gasteiger partial charge in [0.1, 0.15) is 0 Å². The van der Waals surface area contributed by atoms with Gasteiger partial charge in [-0.25, -0.2) is 0 Å². The number of piperidine rings is 1. The van der Waals surface area contributed by atoms with Crippen molar-refractivity contribution in [1.82, 2.24) is 15.6 Å². The maximum absolute atomic E-state index is 4.83. The highest BCUT2D eigenvalue weighted by Gasteiger charge is 2.20. The summed E-state index contributed by atoms with van der Waals surface area (Å²) in [4.78, 5) is 10.7. The van der Waals surface area contributed by atoms with E-state index in [9.17, 15) is 0 Å². The van der Waals surface area contributed by atoms with Crippen LogP contribution < -0.4 is 15.5 Å². The molecule has 154 valence electrons. The number of anilines is 1. The van der Waals surface area contributed by atoms with Crippen molar-refractivity contribution in [3.63, 3.8) is 0 Å². The molecule has 0 unspecified atom stereocenters. The molecule has 1 aliphatic rings. The summed E-state index contributed by atoms with van der Waals surface area (Å²) in [5.74, 6) is 0.959. The number of nitrogens with one attached hydrogen (secondary N) is 3. The number of thiophene rings is 1. The zero-order chi connectivity index (χ0) is 19.9. The Bertz CT molecular complexity index is 906. The van der Waals surface area contributed by atoms with E-state index in [1.165, 1.54) is 21.5 Å². The standard InChI is InChI=1S/C23H31N5S/c1-2-24-23(27-19-11-14-28(15-12-19)22-10-6-16-29-22)25-13-5-7-18-17-26-21-9-4-3-8-20(18)21/h3-4,6,8-10,16-17,19,26H,2,5,7,11-15H2,1H3,(H2,24,25,27). The smallest absolute Gasteiger partial charge is 0.191 e. The fourth-order valence-electron chi connectivity index (χ4n) is 4.01. The molecule has 0 spiro atoms. The minimum absolute atomic E-state index is 0.498. The summed E-state index contributed by atoms with van der Waals surface area (Å²) in [6, 6.07) is 13.4. The largest absolute Gasteiger partial charge is 0.363 e. The Kier molecular flexibility index (Phi) is 6.72. The fraction of sp³-hybridized carbons (Fsp3) is 0.435. The van der Waals surface area contributed by atoms with Crippen molar-refractivity contribution in [3.05, 3.63) is 53.5 Å². The normalized spacial score (nSPS) is 15.8. The average molecular weight is 410 g/mol. The minimum atomic E-state index is 0.498. The highest BCUT2D eigenvalue weighted by atomic mass is 32.1. The van der Waals surface area contributed by atoms with Crippen molar-refractivity contribution >= 4 is 33.2 Å². The molecule has 1 fully saturated rings. The summed E-state index contributed by atoms with van der Waals surface area (Å²) in [5, 5.41) is 11.9. The molecule has 0 aliphatic carbocycles. The van der Waals surface area contributed by atoms with Gasteiger partial charge in [0.05, 0.1) is 5.00 Å². The van der Waals surface area contributed by atoms with E-state index in [0.717, 1.165) is 57.8 Å². The van der Waals surface area contributed by atoms with Gasteiger partial charge in [-0.2, -0.15) is 0 Å². The Morgan fingerprint density at radius 3 is 2.86 bits per heavy atom. The number of fused-ring (bicyclic) bond motifs is 1. The van der Waals surface area contributed by atoms with E-state index < -0.39 is 0 Å². The number of benzene rings is 1. The van der Waals surface area contributed by atoms with Crippen LogP contribution in [0.2, 0.25) is 0 Å². The van der Waals surface area contributed by atoms with Gasteiger partial charge in [-0.15, -0.1) is 11.3 Å². The van der Waals surface area contributed by atoms with Gasteiger partial charge < -0.3 is 20.5 Å². The summed E-state index contributed by atoms with van der Waals surface area (Å²) in [6.07, 6.45) is 6.54. The lowest BCUT2D eigenvalue weighted by molar-refractivity contribution is 0.463. The molecular weight excluding hydrogens is 378 g/mol. The molecule has 2 aromatic heterocycles. The number of H-pyrrole nitrogens is 1. The second-order valence-corrected chi connectivity index (χ2v) is 8.51. The predicted octanol–water partition coefficient (Wildman–Crippen LogP) is 4.39. The number of guanidine groups is 1. The summed E-state index contributed by atoms with van der Waals surface area (Å²) in [7, 11) is 0. The van der Waals surface area contributed by atoms with E-state index in [-0.39, 0.29) is 0 Å². The third-order valence-corrected chi connectivity index (χ3v) is 6.48. The SMILES string of the molecule is CCNC(=NCCCc1c[nH]c2ccccc12)NC1CCN(c2cccs2)CC1. The predicted molar refractivity (Wildman–Crippen MR) is 125 cm³/mol. The average Bonchev–Trinajstić information content (AvgIpc) is 3.42. The third-order valence-electron chi connectivity index (χ3n) is 5.55. The Labute approximate surface area is 177 Å². The van der Waals surface area contributed by atoms with Crippen molar-refractivity contribution in [3.8, 4) is 0 Å². The van der Waals surface area contributed by atoms with E-state index in [1.807, 2.05) is 11.3 Å². The second-order valence-electron chi connectivity index (χ2n) is 7.58. The first-order valence-corrected chi connectivity index (χ1v) is 11.6. The Hall–Kier alpha value is -2.47. The number of aliphatic imine (C=N–C) groups is 1. The van der Waals surface area contributed by atoms with E-state index in [0.29, 0.717) is 6.04 Å². The van der Waals surface area contributed by atoms with Crippen molar-refractivity contribution in [2.75, 3.05) is 31.1 Å². The van der Waals surface area contributed by atoms with Crippen molar-refractivity contribution in [1.29, 1.82) is 0 Å². The third kappa shape index (κ3) is 5.12. The van der Waals surface area contributed by atoms with Gasteiger partial charge in [0.15, 0.2) is 5.96 Å². The molecule has 1 saturated heterocycles. The first-order valence-electron chi connectivity index (χ1n) is 10.7. The lowest BCUT2D eigenvalue weighted by atomic mass is 10.1. The Morgan fingerprint density at radius 2 is 2.07 bits per heavy atom. The zero-order valence-electron chi connectivity index (χ0n) is 17.2. The van der Waals surface area contributed by atoms with Crippen LogP contribution in [0.15, 0.2) is 53.0 Å². The van der Waals surface area contributed by atoms with Crippen molar-refractivity contribution in [2.24, 2.45) is 4.99 Å². The summed E-state index contributed by atoms with van der Waals surface area (Å²) < 4.78 is 0. The fourth-order valence-corrected chi connectivity index (χ4v) is 4.79. The molecule has 4 rings (SSSR count). The number of aryl methyl sites for hydroxylation is 1. The first-order chi connectivity index (χ1) is 14.3. The molecule has 3 N–H and O–H groups in total. The summed E-state index contributed by atoms with van der Waals surface area (Å²) in [6.45, 7) is 6.07. The van der Waals surface area contributed by atoms with Crippen LogP contribution in [0.1, 0.15) is 31.7 Å². The molecule has 3 heterocycles. The summed E-state index contributed by atoms with van der Waals surface area (Å²) >= 11 is 1.83. The van der Waals surface area contributed by atoms with Crippen LogP contribution in [0.5, 0.6) is 0 Å². The molecule has 0 bridgehead atoms. The molecule has 6 heteroatoms. The number of rotatable bonds is 7. The van der Waals surface area contributed by atoms with E-state index in [4.69, 9.17) is 4.99 Å². The maximum Gasteiger partial charge on any atom is 0.191 e. The van der Waals surface area contributed by atoms with Crippen molar-refractivity contribution < 1.29 is 0 Å². The molecule has 0 saturated carbocycles. The quantitative estimate of drug-likeness (QED) is 0.308. The molecule has 1 aromatic carbocycles. The van der Waals surface area contributed by atoms with Crippen LogP contribution in [0.4, 0.5) is 5.00 Å². The molecule has 1 aliphatic heterocycles. The Morgan fingerprint density at radius 1 is 1.21 bits per heavy atom. The molecule has 0 radical (unpaired) electrons. The van der Waals surface area contributed by atoms with Gasteiger partial charge in [0, 0.05) is 49.3 Å². The maximum atomic E-state index is 4.83. The van der Waals surface area contributed by atoms with E-state index >= 15 is 0 Å². The van der Waals surface area contributed by atoms with Gasteiger partial charge in [-0.3, -0.25) is 4.99 Å². The Balaban J connectivity index is 1.25. The van der Waals surface area contributed by atoms with Crippen LogP contribution in [0.25, 0.3) is 10.9 Å². The first kappa shape index (κ1) is 19.8. The summed E-state index contributed by atoms with van der Waals surface area (Å²) in [5.41, 5.74) is 2.60. The number of nitrogens with zero attached hydrogens (tertiary/aromatic N) is 2. The lowest BCUT2D eigenvalue weighted by Crippen LogP contribution is -2.48. The molecule has 0 atom stereocenters. The minimum Gasteiger partial charge on any atom is -0.363 e. The highest BCUT2D eigenvalue weighted by Crippen LogP contribution is 2.24. The molecule has 5 nitrogen and oxygen atoms in total. The van der Waals surface area contributed by atoms with Crippen LogP contribution in [0, 0.1) is 0 Å². The van der Waals surface area contributed by atoms with Gasteiger partial charge >= 0.3 is 0 Å². The van der Waals surface area contributed by atoms with Crippen LogP contribution in [-0.4, -0.2) is 43.2 Å². The van der Waals surface area contributed by atoms with Crippen LogP contribution in [0.3, 0.4) is 0 Å².